The summed E-state index contributed by atoms with van der Waals surface area (Å²) in [6, 6.07) is 5.31. The van der Waals surface area contributed by atoms with Crippen molar-refractivity contribution in [3.8, 4) is 17.0 Å². The van der Waals surface area contributed by atoms with Crippen molar-refractivity contribution in [3.63, 3.8) is 0 Å². The molecule has 4 aromatic rings. The third kappa shape index (κ3) is 5.94. The van der Waals surface area contributed by atoms with Crippen LogP contribution in [0.5, 0.6) is 5.75 Å². The van der Waals surface area contributed by atoms with Crippen LogP contribution in [0.1, 0.15) is 33.2 Å². The first-order chi connectivity index (χ1) is 19.0. The number of aliphatic hydroxyl groups excluding tert-OH is 1. The minimum Gasteiger partial charge on any atom is -0.444 e. The molecule has 1 aromatic carbocycles. The number of nitrogens with one attached hydrogen (secondary N) is 1. The lowest BCUT2D eigenvalue weighted by Gasteiger charge is -2.36. The van der Waals surface area contributed by atoms with Crippen LogP contribution in [0, 0.1) is 0 Å². The summed E-state index contributed by atoms with van der Waals surface area (Å²) < 4.78 is 39.9. The number of rotatable bonds is 6. The molecule has 11 nitrogen and oxygen atoms in total. The van der Waals surface area contributed by atoms with Crippen LogP contribution in [-0.4, -0.2) is 71.9 Å². The summed E-state index contributed by atoms with van der Waals surface area (Å²) in [4.78, 5) is 18.6. The molecule has 2 N–H and O–H groups in total. The lowest BCUT2D eigenvalue weighted by Crippen LogP contribution is -2.48. The average molecular weight is 576 g/mol. The van der Waals surface area contributed by atoms with E-state index in [0.29, 0.717) is 23.6 Å². The largest absolute Gasteiger partial charge is 0.444 e. The molecule has 0 bridgehead atoms. The van der Waals surface area contributed by atoms with Gasteiger partial charge in [0, 0.05) is 42.3 Å². The van der Waals surface area contributed by atoms with Gasteiger partial charge in [0.15, 0.2) is 5.65 Å². The minimum atomic E-state index is -3.08. The maximum Gasteiger partial charge on any atom is 0.410 e. The Balaban J connectivity index is 1.56. The predicted octanol–water partition coefficient (Wildman–Crippen LogP) is 5.13. The number of alkyl halides is 2. The van der Waals surface area contributed by atoms with Crippen LogP contribution in [0.3, 0.4) is 0 Å². The van der Waals surface area contributed by atoms with Crippen LogP contribution in [0.25, 0.3) is 16.9 Å². The lowest BCUT2D eigenvalue weighted by molar-refractivity contribution is -0.0494. The zero-order valence-electron chi connectivity index (χ0n) is 22.0. The quantitative estimate of drug-likeness (QED) is 0.325. The number of nitrogens with zero attached hydrogens (tertiary/aromatic N) is 6. The Labute approximate surface area is 233 Å². The Morgan fingerprint density at radius 3 is 2.83 bits per heavy atom. The second-order valence-electron chi connectivity index (χ2n) is 10.3. The van der Waals surface area contributed by atoms with Crippen LogP contribution < -0.4 is 10.1 Å². The minimum absolute atomic E-state index is 0.116. The maximum absolute atomic E-state index is 13.3. The van der Waals surface area contributed by atoms with Gasteiger partial charge in [-0.15, -0.1) is 0 Å². The van der Waals surface area contributed by atoms with Crippen LogP contribution in [-0.2, 0) is 4.74 Å². The molecule has 1 fully saturated rings. The fraction of sp³-hybridized carbons (Fsp3) is 0.385. The smallest absolute Gasteiger partial charge is 0.410 e. The van der Waals surface area contributed by atoms with Gasteiger partial charge in [0.05, 0.1) is 24.0 Å². The molecular formula is C26H28ClF2N7O4. The zero-order valence-corrected chi connectivity index (χ0v) is 22.7. The van der Waals surface area contributed by atoms with Gasteiger partial charge in [-0.25, -0.2) is 14.3 Å². The molecule has 2 atom stereocenters. The monoisotopic (exact) mass is 575 g/mol. The Morgan fingerprint density at radius 2 is 2.08 bits per heavy atom. The van der Waals surface area contributed by atoms with Crippen LogP contribution in [0.2, 0.25) is 5.02 Å². The Hall–Kier alpha value is -3.97. The molecular weight excluding hydrogens is 548 g/mol. The van der Waals surface area contributed by atoms with E-state index in [1.165, 1.54) is 27.8 Å². The fourth-order valence-corrected chi connectivity index (χ4v) is 4.64. The number of piperidine rings is 1. The lowest BCUT2D eigenvalue weighted by atomic mass is 10.0. The molecule has 1 aliphatic heterocycles. The molecule has 40 heavy (non-hydrogen) atoms. The topological polar surface area (TPSA) is 119 Å². The molecule has 5 rings (SSSR count). The number of halogens is 3. The number of fused-ring (bicyclic) bond motifs is 1. The number of carbonyl (C=O) groups excluding carboxylic acids is 1. The summed E-state index contributed by atoms with van der Waals surface area (Å²) in [5.74, 6) is -0.134. The molecule has 212 valence electrons. The van der Waals surface area contributed by atoms with E-state index in [1.807, 2.05) is 0 Å². The number of likely N-dealkylation sites (tertiary alicyclic amines) is 1. The van der Waals surface area contributed by atoms with E-state index in [1.54, 1.807) is 56.1 Å². The highest BCUT2D eigenvalue weighted by Gasteiger charge is 2.35. The standard InChI is InChI=1S/C26H28ClF2N7O4/c1-26(2,3)40-25(38)34-10-7-20(37)19(14-34)36-13-18(32-17-12-31-35-9-4-8-30-23(17)35)22(33-36)16-11-15(27)5-6-21(16)39-24(28)29/h4-6,8-9,11-13,19-20,24,32,37H,7,10,14H2,1-3H3/t19-,20-/m1/s1. The highest BCUT2D eigenvalue weighted by molar-refractivity contribution is 6.31. The SMILES string of the molecule is CC(C)(C)OC(=O)N1CC[C@@H](O)[C@H](n2cc(Nc3cnn4cccnc34)c(-c3cc(Cl)ccc3OC(F)F)n2)C1. The normalized spacial score (nSPS) is 17.9. The van der Waals surface area contributed by atoms with Crippen molar-refractivity contribution in [1.82, 2.24) is 29.3 Å². The highest BCUT2D eigenvalue weighted by atomic mass is 35.5. The molecule has 0 spiro atoms. The Bertz CT molecular complexity index is 1520. The van der Waals surface area contributed by atoms with E-state index in [2.05, 4.69) is 20.5 Å². The molecule has 1 amide bonds. The predicted molar refractivity (Wildman–Crippen MR) is 143 cm³/mol. The molecule has 1 saturated heterocycles. The first kappa shape index (κ1) is 27.6. The molecule has 0 unspecified atom stereocenters. The second-order valence-corrected chi connectivity index (χ2v) is 10.7. The summed E-state index contributed by atoms with van der Waals surface area (Å²) in [5, 5.41) is 23.4. The molecule has 0 radical (unpaired) electrons. The van der Waals surface area contributed by atoms with Gasteiger partial charge in [0.2, 0.25) is 0 Å². The van der Waals surface area contributed by atoms with Gasteiger partial charge in [0.25, 0.3) is 0 Å². The first-order valence-electron chi connectivity index (χ1n) is 12.5. The van der Waals surface area contributed by atoms with Crippen molar-refractivity contribution >= 4 is 34.7 Å². The second kappa shape index (κ2) is 10.9. The van der Waals surface area contributed by atoms with Gasteiger partial charge >= 0.3 is 12.7 Å². The van der Waals surface area contributed by atoms with E-state index in [0.717, 1.165) is 0 Å². The van der Waals surface area contributed by atoms with Crippen molar-refractivity contribution in [1.29, 1.82) is 0 Å². The average Bonchev–Trinajstić information content (AvgIpc) is 3.49. The molecule has 0 aliphatic carbocycles. The van der Waals surface area contributed by atoms with Crippen LogP contribution in [0.15, 0.2) is 49.1 Å². The molecule has 4 heterocycles. The van der Waals surface area contributed by atoms with Gasteiger partial charge in [-0.3, -0.25) is 4.68 Å². The van der Waals surface area contributed by atoms with Crippen molar-refractivity contribution in [3.05, 3.63) is 54.1 Å². The maximum atomic E-state index is 13.3. The number of carbonyl (C=O) groups is 1. The number of aromatic nitrogens is 5. The number of anilines is 2. The Morgan fingerprint density at radius 1 is 1.27 bits per heavy atom. The summed E-state index contributed by atoms with van der Waals surface area (Å²) in [6.07, 6.45) is 5.48. The summed E-state index contributed by atoms with van der Waals surface area (Å²) in [5.41, 5.74) is 1.19. The van der Waals surface area contributed by atoms with Crippen molar-refractivity contribution in [2.45, 2.75) is 51.6 Å². The highest BCUT2D eigenvalue weighted by Crippen LogP contribution is 2.39. The van der Waals surface area contributed by atoms with E-state index >= 15 is 0 Å². The van der Waals surface area contributed by atoms with Crippen molar-refractivity contribution in [2.75, 3.05) is 18.4 Å². The van der Waals surface area contributed by atoms with Crippen molar-refractivity contribution < 1.29 is 28.2 Å². The number of ether oxygens (including phenoxy) is 2. The molecule has 14 heteroatoms. The summed E-state index contributed by atoms with van der Waals surface area (Å²) in [6.45, 7) is 2.67. The number of aliphatic hydroxyl groups is 1. The number of hydrogen-bond acceptors (Lipinski definition) is 8. The third-order valence-corrected chi connectivity index (χ3v) is 6.47. The van der Waals surface area contributed by atoms with Gasteiger partial charge in [-0.1, -0.05) is 11.6 Å². The fourth-order valence-electron chi connectivity index (χ4n) is 4.47. The number of hydrogen-bond donors (Lipinski definition) is 2. The van der Waals surface area contributed by atoms with Crippen LogP contribution in [0.4, 0.5) is 25.0 Å². The first-order valence-corrected chi connectivity index (χ1v) is 12.9. The van der Waals surface area contributed by atoms with Gasteiger partial charge in [0.1, 0.15) is 22.7 Å². The van der Waals surface area contributed by atoms with E-state index in [9.17, 15) is 18.7 Å². The molecule has 1 aliphatic rings. The number of amides is 1. The molecule has 3 aromatic heterocycles. The van der Waals surface area contributed by atoms with E-state index < -0.39 is 30.5 Å². The van der Waals surface area contributed by atoms with E-state index in [-0.39, 0.29) is 35.0 Å². The van der Waals surface area contributed by atoms with Gasteiger partial charge < -0.3 is 24.8 Å². The van der Waals surface area contributed by atoms with E-state index in [4.69, 9.17) is 21.1 Å². The molecule has 0 saturated carbocycles. The summed E-state index contributed by atoms with van der Waals surface area (Å²) in [7, 11) is 0. The number of benzene rings is 1. The van der Waals surface area contributed by atoms with Gasteiger partial charge in [-0.05, 0) is 51.5 Å². The van der Waals surface area contributed by atoms with Crippen LogP contribution >= 0.6 is 11.6 Å². The van der Waals surface area contributed by atoms with Gasteiger partial charge in [-0.2, -0.15) is 19.0 Å². The third-order valence-electron chi connectivity index (χ3n) is 6.23. The zero-order chi connectivity index (χ0) is 28.6. The Kier molecular flexibility index (Phi) is 7.51. The van der Waals surface area contributed by atoms with Crippen molar-refractivity contribution in [2.24, 2.45) is 0 Å². The summed E-state index contributed by atoms with van der Waals surface area (Å²) >= 11 is 6.24.